The van der Waals surface area contributed by atoms with Crippen LogP contribution >= 0.6 is 11.3 Å². The van der Waals surface area contributed by atoms with Gasteiger partial charge in [0.1, 0.15) is 13.1 Å². The molecule has 8 heteroatoms. The van der Waals surface area contributed by atoms with Crippen molar-refractivity contribution in [3.8, 4) is 6.07 Å². The van der Waals surface area contributed by atoms with Crippen LogP contribution in [0, 0.1) is 11.3 Å². The number of urea groups is 1. The Hall–Kier alpha value is -3.18. The summed E-state index contributed by atoms with van der Waals surface area (Å²) in [6.45, 7) is 1.02. The second-order valence-corrected chi connectivity index (χ2v) is 6.84. The molecule has 1 aliphatic heterocycles. The second kappa shape index (κ2) is 6.98. The molecule has 4 amide bonds. The van der Waals surface area contributed by atoms with Gasteiger partial charge < -0.3 is 5.32 Å². The molecule has 1 unspecified atom stereocenters. The first-order valence-electron chi connectivity index (χ1n) is 7.88. The Morgan fingerprint density at radius 1 is 1.27 bits per heavy atom. The zero-order valence-electron chi connectivity index (χ0n) is 14.0. The van der Waals surface area contributed by atoms with Crippen LogP contribution in [0.4, 0.5) is 10.5 Å². The number of imide groups is 1. The number of carbonyl (C=O) groups excluding carboxylic acids is 3. The molecule has 1 aromatic carbocycles. The summed E-state index contributed by atoms with van der Waals surface area (Å²) in [6.07, 6.45) is 0. The zero-order chi connectivity index (χ0) is 18.7. The number of nitrogens with one attached hydrogen (secondary N) is 1. The first-order valence-corrected chi connectivity index (χ1v) is 8.76. The van der Waals surface area contributed by atoms with Crippen LogP contribution in [0.15, 0.2) is 47.8 Å². The van der Waals surface area contributed by atoms with Gasteiger partial charge in [-0.2, -0.15) is 5.26 Å². The SMILES string of the molecule is CC1(c2cccs2)NC(=O)N(CC(=O)N(CC#N)c2ccccc2)C1=O. The molecule has 1 saturated heterocycles. The molecule has 3 rings (SSSR count). The molecule has 1 N–H and O–H groups in total. The van der Waals surface area contributed by atoms with E-state index >= 15 is 0 Å². The molecule has 1 atom stereocenters. The normalized spacial score (nSPS) is 19.2. The molecule has 7 nitrogen and oxygen atoms in total. The number of benzene rings is 1. The van der Waals surface area contributed by atoms with Crippen LogP contribution in [0.5, 0.6) is 0 Å². The third kappa shape index (κ3) is 3.05. The molecule has 1 aliphatic rings. The van der Waals surface area contributed by atoms with Gasteiger partial charge in [0.05, 0.1) is 6.07 Å². The third-order valence-corrected chi connectivity index (χ3v) is 5.27. The average Bonchev–Trinajstić information content (AvgIpc) is 3.25. The van der Waals surface area contributed by atoms with Gasteiger partial charge in [-0.3, -0.25) is 19.4 Å². The highest BCUT2D eigenvalue weighted by Crippen LogP contribution is 2.31. The fourth-order valence-corrected chi connectivity index (χ4v) is 3.63. The fourth-order valence-electron chi connectivity index (χ4n) is 2.79. The Labute approximate surface area is 154 Å². The number of anilines is 1. The Morgan fingerprint density at radius 2 is 2.00 bits per heavy atom. The van der Waals surface area contributed by atoms with Crippen molar-refractivity contribution in [2.24, 2.45) is 0 Å². The smallest absolute Gasteiger partial charge is 0.319 e. The minimum atomic E-state index is -1.18. The van der Waals surface area contributed by atoms with E-state index in [1.165, 1.54) is 16.2 Å². The molecule has 132 valence electrons. The molecule has 1 fully saturated rings. The van der Waals surface area contributed by atoms with E-state index in [0.29, 0.717) is 10.6 Å². The molecule has 1 aromatic heterocycles. The van der Waals surface area contributed by atoms with Crippen molar-refractivity contribution in [2.45, 2.75) is 12.5 Å². The summed E-state index contributed by atoms with van der Waals surface area (Å²) in [5.74, 6) is -0.986. The molecule has 0 spiro atoms. The maximum atomic E-state index is 12.8. The van der Waals surface area contributed by atoms with E-state index in [1.54, 1.807) is 49.4 Å². The van der Waals surface area contributed by atoms with Crippen molar-refractivity contribution >= 4 is 34.9 Å². The van der Waals surface area contributed by atoms with Gasteiger partial charge in [0.25, 0.3) is 5.91 Å². The number of carbonyl (C=O) groups is 3. The van der Waals surface area contributed by atoms with Crippen LogP contribution in [0.3, 0.4) is 0 Å². The van der Waals surface area contributed by atoms with Crippen LogP contribution in [-0.2, 0) is 15.1 Å². The molecule has 0 aliphatic carbocycles. The van der Waals surface area contributed by atoms with Gasteiger partial charge in [0.15, 0.2) is 5.54 Å². The van der Waals surface area contributed by atoms with Crippen molar-refractivity contribution in [1.82, 2.24) is 10.2 Å². The number of nitrogens with zero attached hydrogens (tertiary/aromatic N) is 3. The van der Waals surface area contributed by atoms with Crippen molar-refractivity contribution in [3.05, 3.63) is 52.7 Å². The van der Waals surface area contributed by atoms with Crippen molar-refractivity contribution < 1.29 is 14.4 Å². The van der Waals surface area contributed by atoms with E-state index in [9.17, 15) is 14.4 Å². The van der Waals surface area contributed by atoms with Crippen molar-refractivity contribution in [2.75, 3.05) is 18.0 Å². The van der Waals surface area contributed by atoms with E-state index in [0.717, 1.165) is 4.90 Å². The molecular weight excluding hydrogens is 352 g/mol. The molecule has 26 heavy (non-hydrogen) atoms. The maximum absolute atomic E-state index is 12.8. The Bertz CT molecular complexity index is 876. The lowest BCUT2D eigenvalue weighted by atomic mass is 10.0. The lowest BCUT2D eigenvalue weighted by molar-refractivity contribution is -0.134. The zero-order valence-corrected chi connectivity index (χ0v) is 14.8. The number of nitriles is 1. The van der Waals surface area contributed by atoms with E-state index in [1.807, 2.05) is 11.4 Å². The molecular formula is C18H16N4O3S. The maximum Gasteiger partial charge on any atom is 0.325 e. The number of hydrogen-bond acceptors (Lipinski definition) is 5. The van der Waals surface area contributed by atoms with Crippen molar-refractivity contribution in [3.63, 3.8) is 0 Å². The highest BCUT2D eigenvalue weighted by molar-refractivity contribution is 7.10. The van der Waals surface area contributed by atoms with E-state index in [4.69, 9.17) is 5.26 Å². The van der Waals surface area contributed by atoms with E-state index in [2.05, 4.69) is 5.32 Å². The summed E-state index contributed by atoms with van der Waals surface area (Å²) < 4.78 is 0. The van der Waals surface area contributed by atoms with Gasteiger partial charge in [-0.15, -0.1) is 11.3 Å². The number of thiophene rings is 1. The molecule has 0 bridgehead atoms. The predicted molar refractivity (Wildman–Crippen MR) is 96.3 cm³/mol. The van der Waals surface area contributed by atoms with Gasteiger partial charge in [0, 0.05) is 10.6 Å². The monoisotopic (exact) mass is 368 g/mol. The molecule has 0 saturated carbocycles. The second-order valence-electron chi connectivity index (χ2n) is 5.90. The lowest BCUT2D eigenvalue weighted by Crippen LogP contribution is -2.44. The third-order valence-electron chi connectivity index (χ3n) is 4.18. The number of rotatable bonds is 5. The summed E-state index contributed by atoms with van der Waals surface area (Å²) in [5.41, 5.74) is -0.648. The summed E-state index contributed by atoms with van der Waals surface area (Å²) >= 11 is 1.36. The number of amides is 4. The van der Waals surface area contributed by atoms with Crippen LogP contribution in [0.2, 0.25) is 0 Å². The fraction of sp³-hybridized carbons (Fsp3) is 0.222. The molecule has 2 heterocycles. The minimum absolute atomic E-state index is 0.172. The van der Waals surface area contributed by atoms with Gasteiger partial charge in [-0.25, -0.2) is 4.79 Å². The Morgan fingerprint density at radius 3 is 2.62 bits per heavy atom. The van der Waals surface area contributed by atoms with Crippen LogP contribution in [0.25, 0.3) is 0 Å². The summed E-state index contributed by atoms with van der Waals surface area (Å²) in [5, 5.41) is 13.5. The highest BCUT2D eigenvalue weighted by atomic mass is 32.1. The molecule has 2 aromatic rings. The van der Waals surface area contributed by atoms with Gasteiger partial charge in [0.2, 0.25) is 5.91 Å². The minimum Gasteiger partial charge on any atom is -0.319 e. The van der Waals surface area contributed by atoms with Gasteiger partial charge in [-0.1, -0.05) is 24.3 Å². The standard InChI is InChI=1S/C18H16N4O3S/c1-18(14-8-5-11-26-14)16(24)22(17(25)20-18)12-15(23)21(10-9-19)13-6-3-2-4-7-13/h2-8,11H,10,12H2,1H3,(H,20,25). The Balaban J connectivity index is 1.81. The number of hydrogen-bond donors (Lipinski definition) is 1. The highest BCUT2D eigenvalue weighted by Gasteiger charge is 2.50. The summed E-state index contributed by atoms with van der Waals surface area (Å²) in [7, 11) is 0. The van der Waals surface area contributed by atoms with Crippen LogP contribution in [-0.4, -0.2) is 35.8 Å². The largest absolute Gasteiger partial charge is 0.325 e. The first-order chi connectivity index (χ1) is 12.5. The summed E-state index contributed by atoms with van der Waals surface area (Å²) in [6, 6.07) is 13.5. The van der Waals surface area contributed by atoms with E-state index < -0.39 is 29.9 Å². The van der Waals surface area contributed by atoms with Crippen LogP contribution < -0.4 is 10.2 Å². The van der Waals surface area contributed by atoms with Gasteiger partial charge >= 0.3 is 6.03 Å². The Kier molecular flexibility index (Phi) is 4.73. The average molecular weight is 368 g/mol. The topological polar surface area (TPSA) is 93.5 Å². The van der Waals surface area contributed by atoms with Crippen molar-refractivity contribution in [1.29, 1.82) is 5.26 Å². The number of para-hydroxylation sites is 1. The first kappa shape index (κ1) is 17.6. The van der Waals surface area contributed by atoms with E-state index in [-0.39, 0.29) is 6.54 Å². The predicted octanol–water partition coefficient (Wildman–Crippen LogP) is 2.07. The summed E-state index contributed by atoms with van der Waals surface area (Å²) in [4.78, 5) is 40.6. The van der Waals surface area contributed by atoms with Gasteiger partial charge in [-0.05, 0) is 30.5 Å². The van der Waals surface area contributed by atoms with Crippen LogP contribution in [0.1, 0.15) is 11.8 Å². The quantitative estimate of drug-likeness (QED) is 0.646. The molecule has 0 radical (unpaired) electrons. The lowest BCUT2D eigenvalue weighted by Gasteiger charge is -2.23.